The predicted molar refractivity (Wildman–Crippen MR) is 133 cm³/mol. The molecular weight excluding hydrogens is 456 g/mol. The summed E-state index contributed by atoms with van der Waals surface area (Å²) in [6.07, 6.45) is 0.895. The van der Waals surface area contributed by atoms with Crippen molar-refractivity contribution < 1.29 is 9.59 Å². The molecule has 0 atom stereocenters. The summed E-state index contributed by atoms with van der Waals surface area (Å²) >= 11 is 7.53. The highest BCUT2D eigenvalue weighted by molar-refractivity contribution is 7.14. The van der Waals surface area contributed by atoms with Crippen LogP contribution in [-0.2, 0) is 11.3 Å². The van der Waals surface area contributed by atoms with E-state index in [4.69, 9.17) is 16.6 Å². The van der Waals surface area contributed by atoms with E-state index in [2.05, 4.69) is 4.90 Å². The number of hydrogen-bond donors (Lipinski definition) is 0. The minimum Gasteiger partial charge on any atom is -0.337 e. The SMILES string of the molecule is CC(=O)N(c1ccc(C)cc1)c1nc(CN2CCCN(C(=O)c3cccc(Cl)c3)CC2)cs1. The van der Waals surface area contributed by atoms with Crippen molar-refractivity contribution in [2.24, 2.45) is 0 Å². The van der Waals surface area contributed by atoms with Crippen LogP contribution in [0.1, 0.15) is 35.0 Å². The highest BCUT2D eigenvalue weighted by Crippen LogP contribution is 2.29. The van der Waals surface area contributed by atoms with Crippen molar-refractivity contribution in [2.75, 3.05) is 31.1 Å². The third-order valence-electron chi connectivity index (χ3n) is 5.67. The van der Waals surface area contributed by atoms with Gasteiger partial charge in [-0.3, -0.25) is 19.4 Å². The van der Waals surface area contributed by atoms with Crippen LogP contribution in [0.2, 0.25) is 5.02 Å². The number of aromatic nitrogens is 1. The summed E-state index contributed by atoms with van der Waals surface area (Å²) in [6.45, 7) is 7.31. The first-order valence-electron chi connectivity index (χ1n) is 11.0. The van der Waals surface area contributed by atoms with Gasteiger partial charge in [-0.15, -0.1) is 11.3 Å². The fourth-order valence-electron chi connectivity index (χ4n) is 3.96. The third kappa shape index (κ3) is 5.79. The molecule has 0 aliphatic carbocycles. The normalized spacial score (nSPS) is 14.7. The van der Waals surface area contributed by atoms with Crippen molar-refractivity contribution >= 4 is 45.6 Å². The van der Waals surface area contributed by atoms with Crippen LogP contribution in [0.5, 0.6) is 0 Å². The zero-order chi connectivity index (χ0) is 23.4. The Labute approximate surface area is 203 Å². The molecule has 1 aliphatic rings. The lowest BCUT2D eigenvalue weighted by Crippen LogP contribution is -2.35. The summed E-state index contributed by atoms with van der Waals surface area (Å²) in [5, 5.41) is 3.26. The summed E-state index contributed by atoms with van der Waals surface area (Å²) in [5.41, 5.74) is 3.52. The average Bonchev–Trinajstić information content (AvgIpc) is 3.11. The second kappa shape index (κ2) is 10.5. The highest BCUT2D eigenvalue weighted by atomic mass is 35.5. The number of rotatable bonds is 5. The zero-order valence-corrected chi connectivity index (χ0v) is 20.4. The number of halogens is 1. The maximum atomic E-state index is 12.9. The number of carbonyl (C=O) groups is 2. The van der Waals surface area contributed by atoms with Gasteiger partial charge >= 0.3 is 0 Å². The first kappa shape index (κ1) is 23.4. The Morgan fingerprint density at radius 3 is 2.61 bits per heavy atom. The molecule has 1 aromatic heterocycles. The van der Waals surface area contributed by atoms with Crippen LogP contribution >= 0.6 is 22.9 Å². The predicted octanol–water partition coefficient (Wildman–Crippen LogP) is 5.14. The van der Waals surface area contributed by atoms with Gasteiger partial charge in [-0.1, -0.05) is 35.4 Å². The molecule has 0 bridgehead atoms. The zero-order valence-electron chi connectivity index (χ0n) is 18.8. The van der Waals surface area contributed by atoms with E-state index in [0.29, 0.717) is 28.8 Å². The van der Waals surface area contributed by atoms with Crippen LogP contribution in [0.15, 0.2) is 53.9 Å². The molecule has 1 saturated heterocycles. The van der Waals surface area contributed by atoms with Crippen LogP contribution in [0.25, 0.3) is 0 Å². The van der Waals surface area contributed by atoms with Crippen LogP contribution < -0.4 is 4.90 Å². The topological polar surface area (TPSA) is 56.8 Å². The number of anilines is 2. The monoisotopic (exact) mass is 482 g/mol. The van der Waals surface area contributed by atoms with E-state index in [9.17, 15) is 9.59 Å². The molecule has 0 unspecified atom stereocenters. The van der Waals surface area contributed by atoms with Crippen molar-refractivity contribution in [2.45, 2.75) is 26.8 Å². The van der Waals surface area contributed by atoms with Crippen LogP contribution in [0.4, 0.5) is 10.8 Å². The van der Waals surface area contributed by atoms with Crippen molar-refractivity contribution in [1.29, 1.82) is 0 Å². The molecule has 2 heterocycles. The minimum absolute atomic E-state index is 0.0190. The molecule has 0 spiro atoms. The number of nitrogens with zero attached hydrogens (tertiary/aromatic N) is 4. The second-order valence-electron chi connectivity index (χ2n) is 8.24. The molecular formula is C25H27ClN4O2S. The molecule has 0 N–H and O–H groups in total. The molecule has 0 saturated carbocycles. The van der Waals surface area contributed by atoms with Gasteiger partial charge in [0.1, 0.15) is 0 Å². The number of benzene rings is 2. The number of thiazole rings is 1. The summed E-state index contributed by atoms with van der Waals surface area (Å²) in [7, 11) is 0. The van der Waals surface area contributed by atoms with E-state index in [1.807, 2.05) is 47.5 Å². The molecule has 3 aromatic rings. The van der Waals surface area contributed by atoms with Crippen molar-refractivity contribution in [3.05, 3.63) is 75.8 Å². The second-order valence-corrected chi connectivity index (χ2v) is 9.52. The first-order valence-corrected chi connectivity index (χ1v) is 12.3. The maximum Gasteiger partial charge on any atom is 0.253 e. The van der Waals surface area contributed by atoms with Gasteiger partial charge in [0.2, 0.25) is 5.91 Å². The molecule has 8 heteroatoms. The van der Waals surface area contributed by atoms with E-state index in [-0.39, 0.29) is 11.8 Å². The van der Waals surface area contributed by atoms with Gasteiger partial charge < -0.3 is 4.90 Å². The largest absolute Gasteiger partial charge is 0.337 e. The van der Waals surface area contributed by atoms with E-state index in [1.165, 1.54) is 11.3 Å². The summed E-state index contributed by atoms with van der Waals surface area (Å²) in [4.78, 5) is 35.8. The van der Waals surface area contributed by atoms with Crippen LogP contribution in [-0.4, -0.2) is 52.8 Å². The van der Waals surface area contributed by atoms with Crippen molar-refractivity contribution in [3.63, 3.8) is 0 Å². The van der Waals surface area contributed by atoms with Gasteiger partial charge in [-0.05, 0) is 43.7 Å². The van der Waals surface area contributed by atoms with E-state index >= 15 is 0 Å². The Balaban J connectivity index is 1.40. The molecule has 1 aliphatic heterocycles. The van der Waals surface area contributed by atoms with Gasteiger partial charge in [0.25, 0.3) is 5.91 Å². The van der Waals surface area contributed by atoms with Crippen molar-refractivity contribution in [3.8, 4) is 0 Å². The summed E-state index contributed by atoms with van der Waals surface area (Å²) < 4.78 is 0. The summed E-state index contributed by atoms with van der Waals surface area (Å²) in [5.74, 6) is -0.0461. The van der Waals surface area contributed by atoms with Gasteiger partial charge in [0.05, 0.1) is 11.4 Å². The summed E-state index contributed by atoms with van der Waals surface area (Å²) in [6, 6.07) is 15.0. The lowest BCUT2D eigenvalue weighted by molar-refractivity contribution is -0.115. The van der Waals surface area contributed by atoms with Crippen LogP contribution in [0.3, 0.4) is 0 Å². The third-order valence-corrected chi connectivity index (χ3v) is 6.78. The van der Waals surface area contributed by atoms with Gasteiger partial charge in [-0.2, -0.15) is 0 Å². The number of hydrogen-bond acceptors (Lipinski definition) is 5. The fourth-order valence-corrected chi connectivity index (χ4v) is 5.03. The Kier molecular flexibility index (Phi) is 7.42. The molecule has 172 valence electrons. The highest BCUT2D eigenvalue weighted by Gasteiger charge is 2.22. The maximum absolute atomic E-state index is 12.9. The Morgan fingerprint density at radius 2 is 1.88 bits per heavy atom. The van der Waals surface area contributed by atoms with E-state index in [0.717, 1.165) is 43.0 Å². The Morgan fingerprint density at radius 1 is 1.09 bits per heavy atom. The lowest BCUT2D eigenvalue weighted by atomic mass is 10.2. The average molecular weight is 483 g/mol. The van der Waals surface area contributed by atoms with E-state index < -0.39 is 0 Å². The smallest absolute Gasteiger partial charge is 0.253 e. The van der Waals surface area contributed by atoms with Gasteiger partial charge in [-0.25, -0.2) is 4.98 Å². The number of carbonyl (C=O) groups excluding carboxylic acids is 2. The molecule has 2 aromatic carbocycles. The molecule has 33 heavy (non-hydrogen) atoms. The fraction of sp³-hybridized carbons (Fsp3) is 0.320. The number of amides is 2. The molecule has 2 amide bonds. The minimum atomic E-state index is -0.0651. The van der Waals surface area contributed by atoms with E-state index in [1.54, 1.807) is 30.0 Å². The molecule has 1 fully saturated rings. The first-order chi connectivity index (χ1) is 15.9. The van der Waals surface area contributed by atoms with Gasteiger partial charge in [0.15, 0.2) is 5.13 Å². The number of aryl methyl sites for hydroxylation is 1. The Bertz CT molecular complexity index is 1130. The van der Waals surface area contributed by atoms with Crippen LogP contribution in [0, 0.1) is 6.92 Å². The van der Waals surface area contributed by atoms with Gasteiger partial charge in [0, 0.05) is 55.6 Å². The van der Waals surface area contributed by atoms with Crippen molar-refractivity contribution in [1.82, 2.24) is 14.8 Å². The standard InChI is InChI=1S/C25H27ClN4O2S/c1-18-7-9-23(10-8-18)30(19(2)31)25-27-22(17-33-25)16-28-11-4-12-29(14-13-28)24(32)20-5-3-6-21(26)15-20/h3,5-10,15,17H,4,11-14,16H2,1-2H3. The lowest BCUT2D eigenvalue weighted by Gasteiger charge is -2.22. The molecule has 4 rings (SSSR count). The Hall–Kier alpha value is -2.74. The molecule has 6 nitrogen and oxygen atoms in total. The molecule has 0 radical (unpaired) electrons. The quantitative estimate of drug-likeness (QED) is 0.505.